The molecule has 1 aliphatic rings. The molecule has 1 aliphatic carbocycles. The maximum absolute atomic E-state index is 11.1. The number of hydrogen-bond donors (Lipinski definition) is 2. The predicted molar refractivity (Wildman–Crippen MR) is 61.9 cm³/mol. The number of nitrogens with one attached hydrogen (secondary N) is 1. The van der Waals surface area contributed by atoms with E-state index in [4.69, 9.17) is 4.74 Å². The van der Waals surface area contributed by atoms with Crippen LogP contribution < -0.4 is 5.32 Å². The summed E-state index contributed by atoms with van der Waals surface area (Å²) in [5, 5.41) is 12.8. The first-order valence-electron chi connectivity index (χ1n) is 5.86. The number of ether oxygens (including phenoxy) is 1. The van der Waals surface area contributed by atoms with Crippen molar-refractivity contribution < 1.29 is 14.6 Å². The van der Waals surface area contributed by atoms with Crippen LogP contribution in [-0.4, -0.2) is 28.4 Å². The Balaban J connectivity index is 2.43. The third-order valence-corrected chi connectivity index (χ3v) is 2.85. The van der Waals surface area contributed by atoms with E-state index in [0.29, 0.717) is 18.6 Å². The Bertz CT molecular complexity index is 247. The van der Waals surface area contributed by atoms with Gasteiger partial charge in [0.25, 0.3) is 0 Å². The molecule has 4 heteroatoms. The molecular formula is C12H23NO3. The Morgan fingerprint density at radius 1 is 1.38 bits per heavy atom. The van der Waals surface area contributed by atoms with Crippen LogP contribution in [0.2, 0.25) is 0 Å². The number of aliphatic hydroxyl groups excluding tert-OH is 1. The average Bonchev–Trinajstić information content (AvgIpc) is 2.07. The molecule has 0 aromatic rings. The average molecular weight is 229 g/mol. The molecule has 0 bridgehead atoms. The summed E-state index contributed by atoms with van der Waals surface area (Å²) in [6.45, 7) is 7.70. The van der Waals surface area contributed by atoms with Gasteiger partial charge in [-0.25, -0.2) is 0 Å². The largest absolute Gasteiger partial charge is 0.356 e. The molecule has 1 unspecified atom stereocenters. The first-order valence-corrected chi connectivity index (χ1v) is 5.86. The van der Waals surface area contributed by atoms with Gasteiger partial charge in [-0.2, -0.15) is 0 Å². The monoisotopic (exact) mass is 229 g/mol. The van der Waals surface area contributed by atoms with Gasteiger partial charge < -0.3 is 9.84 Å². The summed E-state index contributed by atoms with van der Waals surface area (Å²) in [5.74, 6) is 0.311. The lowest BCUT2D eigenvalue weighted by Crippen LogP contribution is -2.52. The Labute approximate surface area is 97.4 Å². The fourth-order valence-corrected chi connectivity index (χ4v) is 1.89. The van der Waals surface area contributed by atoms with Crippen molar-refractivity contribution >= 4 is 5.78 Å². The van der Waals surface area contributed by atoms with Crippen LogP contribution in [0.3, 0.4) is 0 Å². The van der Waals surface area contributed by atoms with Crippen LogP contribution in [0.5, 0.6) is 0 Å². The number of rotatable bonds is 3. The number of carbonyl (C=O) groups excluding carboxylic acids is 1. The molecule has 0 aromatic heterocycles. The minimum Gasteiger partial charge on any atom is -0.356 e. The van der Waals surface area contributed by atoms with Crippen LogP contribution in [0.1, 0.15) is 53.4 Å². The summed E-state index contributed by atoms with van der Waals surface area (Å²) in [7, 11) is 0. The maximum Gasteiger partial charge on any atom is 0.214 e. The van der Waals surface area contributed by atoms with Gasteiger partial charge in [-0.1, -0.05) is 0 Å². The highest BCUT2D eigenvalue weighted by atomic mass is 16.6. The topological polar surface area (TPSA) is 58.6 Å². The minimum absolute atomic E-state index is 0.196. The van der Waals surface area contributed by atoms with Crippen molar-refractivity contribution in [1.29, 1.82) is 0 Å². The molecule has 0 spiro atoms. The van der Waals surface area contributed by atoms with Gasteiger partial charge in [0.2, 0.25) is 6.41 Å². The van der Waals surface area contributed by atoms with Crippen LogP contribution in [0, 0.1) is 0 Å². The molecule has 2 N–H and O–H groups in total. The van der Waals surface area contributed by atoms with Crippen LogP contribution in [-0.2, 0) is 9.53 Å². The predicted octanol–water partition coefficient (Wildman–Crippen LogP) is 1.57. The number of carbonyl (C=O) groups is 1. The van der Waals surface area contributed by atoms with Gasteiger partial charge in [-0.05, 0) is 40.5 Å². The molecule has 16 heavy (non-hydrogen) atoms. The maximum atomic E-state index is 11.1. The molecule has 0 aromatic carbocycles. The summed E-state index contributed by atoms with van der Waals surface area (Å²) < 4.78 is 5.39. The highest BCUT2D eigenvalue weighted by Crippen LogP contribution is 2.26. The fourth-order valence-electron chi connectivity index (χ4n) is 1.89. The smallest absolute Gasteiger partial charge is 0.214 e. The van der Waals surface area contributed by atoms with E-state index in [1.165, 1.54) is 0 Å². The quantitative estimate of drug-likeness (QED) is 0.721. The van der Waals surface area contributed by atoms with E-state index in [0.717, 1.165) is 12.8 Å². The number of hydrogen-bond acceptors (Lipinski definition) is 4. The Morgan fingerprint density at radius 2 is 1.88 bits per heavy atom. The van der Waals surface area contributed by atoms with E-state index < -0.39 is 6.41 Å². The first kappa shape index (κ1) is 13.6. The zero-order valence-corrected chi connectivity index (χ0v) is 10.7. The SMILES string of the molecule is CC1(NC(O)OC(C)(C)C)CCC(=O)CC1. The summed E-state index contributed by atoms with van der Waals surface area (Å²) >= 11 is 0. The van der Waals surface area contributed by atoms with Crippen molar-refractivity contribution in [2.24, 2.45) is 0 Å². The van der Waals surface area contributed by atoms with Crippen molar-refractivity contribution in [3.8, 4) is 0 Å². The molecule has 1 fully saturated rings. The van der Waals surface area contributed by atoms with Crippen molar-refractivity contribution in [3.05, 3.63) is 0 Å². The Hall–Kier alpha value is -0.450. The molecule has 1 saturated carbocycles. The van der Waals surface area contributed by atoms with E-state index in [9.17, 15) is 9.90 Å². The van der Waals surface area contributed by atoms with Gasteiger partial charge in [-0.3, -0.25) is 10.1 Å². The fraction of sp³-hybridized carbons (Fsp3) is 0.917. The lowest BCUT2D eigenvalue weighted by Gasteiger charge is -2.37. The summed E-state index contributed by atoms with van der Waals surface area (Å²) in [5.41, 5.74) is -0.578. The molecule has 94 valence electrons. The molecule has 1 rings (SSSR count). The van der Waals surface area contributed by atoms with Crippen molar-refractivity contribution in [3.63, 3.8) is 0 Å². The minimum atomic E-state index is -0.974. The molecule has 4 nitrogen and oxygen atoms in total. The molecule has 0 radical (unpaired) electrons. The molecular weight excluding hydrogens is 206 g/mol. The van der Waals surface area contributed by atoms with Crippen molar-refractivity contribution in [2.45, 2.75) is 70.9 Å². The van der Waals surface area contributed by atoms with Crippen molar-refractivity contribution in [1.82, 2.24) is 5.32 Å². The van der Waals surface area contributed by atoms with Crippen LogP contribution in [0.15, 0.2) is 0 Å². The second kappa shape index (κ2) is 4.82. The molecule has 0 aliphatic heterocycles. The van der Waals surface area contributed by atoms with Crippen molar-refractivity contribution in [2.75, 3.05) is 0 Å². The lowest BCUT2D eigenvalue weighted by atomic mass is 9.83. The summed E-state index contributed by atoms with van der Waals surface area (Å²) in [4.78, 5) is 11.1. The van der Waals surface area contributed by atoms with E-state index in [2.05, 4.69) is 5.32 Å². The van der Waals surface area contributed by atoms with Gasteiger partial charge in [-0.15, -0.1) is 0 Å². The van der Waals surface area contributed by atoms with Crippen LogP contribution >= 0.6 is 0 Å². The van der Waals surface area contributed by atoms with Gasteiger partial charge in [0.05, 0.1) is 5.60 Å². The van der Waals surface area contributed by atoms with Gasteiger partial charge in [0, 0.05) is 18.4 Å². The Morgan fingerprint density at radius 3 is 2.31 bits per heavy atom. The van der Waals surface area contributed by atoms with Crippen LogP contribution in [0.4, 0.5) is 0 Å². The van der Waals surface area contributed by atoms with E-state index in [1.54, 1.807) is 0 Å². The third-order valence-electron chi connectivity index (χ3n) is 2.85. The highest BCUT2D eigenvalue weighted by molar-refractivity contribution is 5.79. The molecule has 0 heterocycles. The second-order valence-corrected chi connectivity index (χ2v) is 5.83. The van der Waals surface area contributed by atoms with Gasteiger partial charge in [0.15, 0.2) is 0 Å². The standard InChI is InChI=1S/C12H23NO3/c1-11(2,3)16-10(15)13-12(4)7-5-9(14)6-8-12/h10,13,15H,5-8H2,1-4H3. The highest BCUT2D eigenvalue weighted by Gasteiger charge is 2.32. The van der Waals surface area contributed by atoms with E-state index in [-0.39, 0.29) is 11.1 Å². The third kappa shape index (κ3) is 4.60. The number of Topliss-reactive ketones (excluding diaryl/α,β-unsaturated/α-hetero) is 1. The molecule has 1 atom stereocenters. The zero-order valence-electron chi connectivity index (χ0n) is 10.7. The molecule has 0 amide bonds. The summed E-state index contributed by atoms with van der Waals surface area (Å²) in [6, 6.07) is 0. The normalized spacial score (nSPS) is 23.2. The summed E-state index contributed by atoms with van der Waals surface area (Å²) in [6.07, 6.45) is 1.72. The van der Waals surface area contributed by atoms with E-state index in [1.807, 2.05) is 27.7 Å². The lowest BCUT2D eigenvalue weighted by molar-refractivity contribution is -0.193. The van der Waals surface area contributed by atoms with E-state index >= 15 is 0 Å². The number of aliphatic hydroxyl groups is 1. The van der Waals surface area contributed by atoms with Gasteiger partial charge in [0.1, 0.15) is 5.78 Å². The molecule has 0 saturated heterocycles. The second-order valence-electron chi connectivity index (χ2n) is 5.83. The first-order chi connectivity index (χ1) is 7.20. The van der Waals surface area contributed by atoms with Crippen LogP contribution in [0.25, 0.3) is 0 Å². The zero-order chi connectivity index (χ0) is 12.4. The number of ketones is 1. The Kier molecular flexibility index (Phi) is 4.10. The van der Waals surface area contributed by atoms with Gasteiger partial charge >= 0.3 is 0 Å².